The Hall–Kier alpha value is -3.78. The predicted molar refractivity (Wildman–Crippen MR) is 127 cm³/mol. The number of aryl methyl sites for hydroxylation is 1. The van der Waals surface area contributed by atoms with Gasteiger partial charge in [0.2, 0.25) is 0 Å². The Kier molecular flexibility index (Phi) is 5.75. The van der Waals surface area contributed by atoms with Crippen LogP contribution in [0.2, 0.25) is 0 Å². The highest BCUT2D eigenvalue weighted by atomic mass is 16.5. The monoisotopic (exact) mass is 442 g/mol. The summed E-state index contributed by atoms with van der Waals surface area (Å²) in [5.74, 6) is 1.52. The van der Waals surface area contributed by atoms with Crippen LogP contribution in [-0.2, 0) is 11.3 Å². The molecular weight excluding hydrogens is 416 g/mol. The molecule has 0 radical (unpaired) electrons. The lowest BCUT2D eigenvalue weighted by atomic mass is 10.1. The zero-order valence-electron chi connectivity index (χ0n) is 18.8. The molecule has 5 rings (SSSR count). The molecule has 4 aromatic rings. The van der Waals surface area contributed by atoms with Crippen molar-refractivity contribution in [3.8, 4) is 5.69 Å². The number of para-hydroxylation sites is 1. The zero-order chi connectivity index (χ0) is 22.8. The Balaban J connectivity index is 1.48. The van der Waals surface area contributed by atoms with Crippen LogP contribution in [0.3, 0.4) is 0 Å². The third-order valence-corrected chi connectivity index (χ3v) is 5.89. The molecule has 0 aliphatic carbocycles. The molecule has 0 N–H and O–H groups in total. The lowest BCUT2D eigenvalue weighted by Crippen LogP contribution is -2.49. The number of amides is 1. The van der Waals surface area contributed by atoms with Gasteiger partial charge in [0.1, 0.15) is 12.4 Å². The first-order valence-corrected chi connectivity index (χ1v) is 11.1. The van der Waals surface area contributed by atoms with Crippen molar-refractivity contribution < 1.29 is 9.53 Å². The maximum absolute atomic E-state index is 12.9. The number of piperazine rings is 1. The summed E-state index contributed by atoms with van der Waals surface area (Å²) in [5.41, 5.74) is 3.30. The molecule has 8 nitrogen and oxygen atoms in total. The van der Waals surface area contributed by atoms with Crippen molar-refractivity contribution in [2.24, 2.45) is 0 Å². The zero-order valence-corrected chi connectivity index (χ0v) is 18.8. The fourth-order valence-corrected chi connectivity index (χ4v) is 4.26. The maximum atomic E-state index is 12.9. The number of nitrogens with zero attached hydrogens (tertiary/aromatic N) is 6. The lowest BCUT2D eigenvalue weighted by molar-refractivity contribution is 0.0746. The molecule has 0 bridgehead atoms. The second-order valence-electron chi connectivity index (χ2n) is 8.07. The SMILES string of the molecule is COCc1nc(N2CCN(C(=O)c3ccccc3)CC2)c2c(C)nn(-c3ccccc3)c2n1. The van der Waals surface area contributed by atoms with Crippen LogP contribution in [0.25, 0.3) is 16.7 Å². The summed E-state index contributed by atoms with van der Waals surface area (Å²) in [7, 11) is 1.64. The molecule has 33 heavy (non-hydrogen) atoms. The van der Waals surface area contributed by atoms with Crippen LogP contribution in [0.4, 0.5) is 5.82 Å². The van der Waals surface area contributed by atoms with Crippen molar-refractivity contribution in [2.75, 3.05) is 38.2 Å². The van der Waals surface area contributed by atoms with Crippen LogP contribution in [0.5, 0.6) is 0 Å². The summed E-state index contributed by atoms with van der Waals surface area (Å²) in [6.45, 7) is 4.93. The van der Waals surface area contributed by atoms with Crippen LogP contribution in [0.15, 0.2) is 60.7 Å². The Morgan fingerprint density at radius 3 is 2.27 bits per heavy atom. The van der Waals surface area contributed by atoms with Gasteiger partial charge in [0.25, 0.3) is 5.91 Å². The van der Waals surface area contributed by atoms with Gasteiger partial charge >= 0.3 is 0 Å². The maximum Gasteiger partial charge on any atom is 0.253 e. The van der Waals surface area contributed by atoms with E-state index in [9.17, 15) is 4.79 Å². The van der Waals surface area contributed by atoms with E-state index in [4.69, 9.17) is 19.8 Å². The fourth-order valence-electron chi connectivity index (χ4n) is 4.26. The van der Waals surface area contributed by atoms with E-state index in [1.165, 1.54) is 0 Å². The van der Waals surface area contributed by atoms with Gasteiger partial charge in [0.15, 0.2) is 11.5 Å². The number of hydrogen-bond donors (Lipinski definition) is 0. The molecule has 1 saturated heterocycles. The molecule has 2 aromatic heterocycles. The van der Waals surface area contributed by atoms with Gasteiger partial charge in [0.05, 0.1) is 16.8 Å². The minimum atomic E-state index is 0.0660. The van der Waals surface area contributed by atoms with Gasteiger partial charge in [-0.1, -0.05) is 36.4 Å². The number of methoxy groups -OCH3 is 1. The second kappa shape index (κ2) is 8.99. The minimum absolute atomic E-state index is 0.0660. The molecule has 0 atom stereocenters. The summed E-state index contributed by atoms with van der Waals surface area (Å²) in [6.07, 6.45) is 0. The van der Waals surface area contributed by atoms with Crippen LogP contribution in [0.1, 0.15) is 21.9 Å². The largest absolute Gasteiger partial charge is 0.377 e. The molecule has 2 aromatic carbocycles. The average molecular weight is 443 g/mol. The molecule has 0 saturated carbocycles. The summed E-state index contributed by atoms with van der Waals surface area (Å²) >= 11 is 0. The van der Waals surface area contributed by atoms with Gasteiger partial charge in [-0.25, -0.2) is 14.6 Å². The van der Waals surface area contributed by atoms with Gasteiger partial charge in [-0.05, 0) is 31.2 Å². The summed E-state index contributed by atoms with van der Waals surface area (Å²) in [5, 5.41) is 5.71. The molecule has 1 amide bonds. The third-order valence-electron chi connectivity index (χ3n) is 5.89. The first-order valence-electron chi connectivity index (χ1n) is 11.1. The molecule has 1 fully saturated rings. The van der Waals surface area contributed by atoms with E-state index >= 15 is 0 Å². The number of ether oxygens (including phenoxy) is 1. The standard InChI is InChI=1S/C25H26N6O2/c1-18-22-23(29-13-15-30(16-14-29)25(32)19-9-5-3-6-10-19)26-21(17-33-2)27-24(22)31(28-18)20-11-7-4-8-12-20/h3-12H,13-17H2,1-2H3. The summed E-state index contributed by atoms with van der Waals surface area (Å²) < 4.78 is 7.21. The highest BCUT2D eigenvalue weighted by Gasteiger charge is 2.26. The Labute approximate surface area is 192 Å². The van der Waals surface area contributed by atoms with Crippen molar-refractivity contribution in [2.45, 2.75) is 13.5 Å². The first kappa shape index (κ1) is 21.1. The third kappa shape index (κ3) is 4.05. The minimum Gasteiger partial charge on any atom is -0.377 e. The number of carbonyl (C=O) groups is 1. The first-order chi connectivity index (χ1) is 16.2. The van der Waals surface area contributed by atoms with Crippen molar-refractivity contribution in [3.05, 3.63) is 77.7 Å². The van der Waals surface area contributed by atoms with E-state index in [1.54, 1.807) is 7.11 Å². The van der Waals surface area contributed by atoms with Gasteiger partial charge in [0, 0.05) is 38.9 Å². The quantitative estimate of drug-likeness (QED) is 0.472. The van der Waals surface area contributed by atoms with E-state index in [2.05, 4.69) is 4.90 Å². The van der Waals surface area contributed by atoms with Crippen molar-refractivity contribution in [1.29, 1.82) is 0 Å². The number of hydrogen-bond acceptors (Lipinski definition) is 6. The predicted octanol–water partition coefficient (Wildman–Crippen LogP) is 3.23. The Morgan fingerprint density at radius 1 is 0.939 bits per heavy atom. The molecule has 1 aliphatic rings. The summed E-state index contributed by atoms with van der Waals surface area (Å²) in [6, 6.07) is 19.4. The van der Waals surface area contributed by atoms with Crippen molar-refractivity contribution in [1.82, 2.24) is 24.6 Å². The smallest absolute Gasteiger partial charge is 0.253 e. The van der Waals surface area contributed by atoms with Crippen LogP contribution in [-0.4, -0.2) is 63.8 Å². The van der Waals surface area contributed by atoms with E-state index in [1.807, 2.05) is 77.2 Å². The normalized spacial score (nSPS) is 14.1. The number of anilines is 1. The fraction of sp³-hybridized carbons (Fsp3) is 0.280. The number of rotatable bonds is 5. The lowest BCUT2D eigenvalue weighted by Gasteiger charge is -2.35. The van der Waals surface area contributed by atoms with E-state index in [0.29, 0.717) is 38.6 Å². The van der Waals surface area contributed by atoms with Gasteiger partial charge in [-0.3, -0.25) is 4.79 Å². The molecule has 168 valence electrons. The Morgan fingerprint density at radius 2 is 1.61 bits per heavy atom. The molecule has 0 spiro atoms. The van der Waals surface area contributed by atoms with Crippen molar-refractivity contribution >= 4 is 22.8 Å². The Bertz CT molecular complexity index is 1260. The molecule has 1 aliphatic heterocycles. The second-order valence-corrected chi connectivity index (χ2v) is 8.07. The van der Waals surface area contributed by atoms with Crippen LogP contribution in [0, 0.1) is 6.92 Å². The number of carbonyl (C=O) groups excluding carboxylic acids is 1. The van der Waals surface area contributed by atoms with Crippen LogP contribution < -0.4 is 4.90 Å². The average Bonchev–Trinajstić information content (AvgIpc) is 3.21. The van der Waals surface area contributed by atoms with Gasteiger partial charge in [-0.2, -0.15) is 5.10 Å². The molecule has 0 unspecified atom stereocenters. The van der Waals surface area contributed by atoms with Gasteiger partial charge < -0.3 is 14.5 Å². The number of benzene rings is 2. The van der Waals surface area contributed by atoms with Gasteiger partial charge in [-0.15, -0.1) is 0 Å². The number of aromatic nitrogens is 4. The van der Waals surface area contributed by atoms with Crippen LogP contribution >= 0.6 is 0 Å². The highest BCUT2D eigenvalue weighted by molar-refractivity contribution is 5.94. The highest BCUT2D eigenvalue weighted by Crippen LogP contribution is 2.30. The topological polar surface area (TPSA) is 76.4 Å². The van der Waals surface area contributed by atoms with E-state index in [0.717, 1.165) is 33.8 Å². The summed E-state index contributed by atoms with van der Waals surface area (Å²) in [4.78, 5) is 26.6. The molecular formula is C25H26N6O2. The molecule has 3 heterocycles. The van der Waals surface area contributed by atoms with E-state index in [-0.39, 0.29) is 5.91 Å². The molecule has 8 heteroatoms. The number of fused-ring (bicyclic) bond motifs is 1. The van der Waals surface area contributed by atoms with Crippen molar-refractivity contribution in [3.63, 3.8) is 0 Å². The van der Waals surface area contributed by atoms with E-state index < -0.39 is 0 Å².